The van der Waals surface area contributed by atoms with Gasteiger partial charge < -0.3 is 25.8 Å². The number of nitrogens with two attached hydrogens (primary N) is 1. The summed E-state index contributed by atoms with van der Waals surface area (Å²) in [6.45, 7) is 2.83. The third kappa shape index (κ3) is 3.92. The Bertz CT molecular complexity index is 1010. The van der Waals surface area contributed by atoms with Gasteiger partial charge in [-0.3, -0.25) is 19.4 Å². The van der Waals surface area contributed by atoms with E-state index >= 15 is 0 Å². The largest absolute Gasteiger partial charge is 0.394 e. The summed E-state index contributed by atoms with van der Waals surface area (Å²) in [5, 5.41) is 41.1. The molecule has 7 N–H and O–H groups in total. The fraction of sp³-hybridized carbons (Fsp3) is 0.588. The number of aliphatic hydroxyl groups is 3. The molecule has 0 spiro atoms. The van der Waals surface area contributed by atoms with Crippen LogP contribution in [0.3, 0.4) is 0 Å². The number of carbonyl (C=O) groups is 2. The molecule has 1 saturated heterocycles. The van der Waals surface area contributed by atoms with Gasteiger partial charge in [0.2, 0.25) is 11.5 Å². The van der Waals surface area contributed by atoms with E-state index in [1.807, 2.05) is 0 Å². The predicted octanol–water partition coefficient (Wildman–Crippen LogP) is -2.28. The van der Waals surface area contributed by atoms with Crippen LogP contribution < -0.4 is 16.3 Å². The smallest absolute Gasteiger partial charge is 0.257 e. The zero-order valence-corrected chi connectivity index (χ0v) is 18.3. The van der Waals surface area contributed by atoms with Gasteiger partial charge in [0, 0.05) is 0 Å². The van der Waals surface area contributed by atoms with E-state index in [-0.39, 0.29) is 34.3 Å². The van der Waals surface area contributed by atoms with Crippen molar-refractivity contribution in [3.05, 3.63) is 6.33 Å². The van der Waals surface area contributed by atoms with Crippen LogP contribution in [-0.2, 0) is 20.1 Å². The maximum Gasteiger partial charge on any atom is 0.257 e. The van der Waals surface area contributed by atoms with Crippen molar-refractivity contribution in [3.63, 3.8) is 0 Å². The lowest BCUT2D eigenvalue weighted by Crippen LogP contribution is -2.50. The highest BCUT2D eigenvalue weighted by atomic mass is 32.2. The number of imidazole rings is 1. The topological polar surface area (TPSA) is 209 Å². The van der Waals surface area contributed by atoms with Crippen LogP contribution in [0.5, 0.6) is 0 Å². The average Bonchev–Trinajstić information content (AvgIpc) is 3.32. The molecule has 1 unspecified atom stereocenters. The van der Waals surface area contributed by atoms with E-state index in [1.54, 1.807) is 20.1 Å². The Balaban J connectivity index is 2.10. The number of aldehydes is 1. The molecule has 0 aromatic carbocycles. The standard InChI is InChI=1S/C17H25N7O7S/c1-7(2)9(18)15(29)22-24(30)14-10-13(20-16(21-14)32-3)23(6-19-10)17(5-26)12(28)11(27)8(4-25)31-17/h5-9,11-12,25,27-28,30H,4,18H2,1-3H3,(H,22,29)/t8-,9?,11-,12-,17-/m1/s1. The minimum absolute atomic E-state index is 0.0438. The Hall–Kier alpha value is -2.40. The van der Waals surface area contributed by atoms with Crippen LogP contribution in [-0.4, -0.2) is 89.5 Å². The minimum Gasteiger partial charge on any atom is -0.394 e. The van der Waals surface area contributed by atoms with Crippen molar-refractivity contribution in [2.24, 2.45) is 11.7 Å². The zero-order chi connectivity index (χ0) is 23.8. The molecule has 1 fully saturated rings. The first-order valence-electron chi connectivity index (χ1n) is 9.57. The van der Waals surface area contributed by atoms with E-state index in [0.717, 1.165) is 22.7 Å². The lowest BCUT2D eigenvalue weighted by molar-refractivity contribution is -0.160. The second kappa shape index (κ2) is 9.22. The number of carbonyl (C=O) groups excluding carboxylic acids is 2. The molecular weight excluding hydrogens is 446 g/mol. The first-order valence-corrected chi connectivity index (χ1v) is 10.8. The minimum atomic E-state index is -2.15. The Morgan fingerprint density at radius 3 is 2.69 bits per heavy atom. The molecular formula is C17H25N7O7S. The van der Waals surface area contributed by atoms with Gasteiger partial charge in [-0.1, -0.05) is 25.6 Å². The van der Waals surface area contributed by atoms with Crippen LogP contribution >= 0.6 is 11.8 Å². The summed E-state index contributed by atoms with van der Waals surface area (Å²) in [4.78, 5) is 36.8. The second-order valence-corrected chi connectivity index (χ2v) is 8.30. The molecule has 1 aliphatic heterocycles. The van der Waals surface area contributed by atoms with Crippen LogP contribution in [0.25, 0.3) is 11.2 Å². The summed E-state index contributed by atoms with van der Waals surface area (Å²) in [7, 11) is 0. The average molecular weight is 471 g/mol. The van der Waals surface area contributed by atoms with Crippen molar-refractivity contribution in [3.8, 4) is 0 Å². The zero-order valence-electron chi connectivity index (χ0n) is 17.5. The predicted molar refractivity (Wildman–Crippen MR) is 110 cm³/mol. The molecule has 0 bridgehead atoms. The number of fused-ring (bicyclic) bond motifs is 1. The van der Waals surface area contributed by atoms with Crippen LogP contribution in [0.15, 0.2) is 11.5 Å². The molecule has 15 heteroatoms. The van der Waals surface area contributed by atoms with Crippen LogP contribution in [0.1, 0.15) is 13.8 Å². The quantitative estimate of drug-likeness (QED) is 0.104. The van der Waals surface area contributed by atoms with E-state index in [4.69, 9.17) is 10.5 Å². The van der Waals surface area contributed by atoms with Gasteiger partial charge >= 0.3 is 0 Å². The van der Waals surface area contributed by atoms with E-state index < -0.39 is 42.6 Å². The first-order chi connectivity index (χ1) is 15.1. The van der Waals surface area contributed by atoms with Crippen molar-refractivity contribution < 1.29 is 34.9 Å². The van der Waals surface area contributed by atoms with Crippen molar-refractivity contribution in [1.29, 1.82) is 0 Å². The number of nitrogens with one attached hydrogen (secondary N) is 1. The van der Waals surface area contributed by atoms with E-state index in [9.17, 15) is 30.1 Å². The van der Waals surface area contributed by atoms with Gasteiger partial charge in [0.15, 0.2) is 22.6 Å². The Labute approximate surface area is 186 Å². The van der Waals surface area contributed by atoms with Crippen LogP contribution in [0.4, 0.5) is 5.82 Å². The van der Waals surface area contributed by atoms with Gasteiger partial charge in [-0.2, -0.15) is 4.98 Å². The molecule has 32 heavy (non-hydrogen) atoms. The molecule has 1 aliphatic rings. The van der Waals surface area contributed by atoms with Gasteiger partial charge in [-0.05, 0) is 12.2 Å². The molecule has 0 aliphatic carbocycles. The maximum atomic E-state index is 12.3. The van der Waals surface area contributed by atoms with Gasteiger partial charge in [-0.25, -0.2) is 15.4 Å². The van der Waals surface area contributed by atoms with Crippen LogP contribution in [0.2, 0.25) is 0 Å². The summed E-state index contributed by atoms with van der Waals surface area (Å²) in [6, 6.07) is -0.906. The molecule has 3 rings (SSSR count). The molecule has 14 nitrogen and oxygen atoms in total. The second-order valence-electron chi connectivity index (χ2n) is 7.52. The third-order valence-electron chi connectivity index (χ3n) is 5.17. The monoisotopic (exact) mass is 471 g/mol. The number of anilines is 1. The third-order valence-corrected chi connectivity index (χ3v) is 5.72. The number of nitrogens with zero attached hydrogens (tertiary/aromatic N) is 5. The van der Waals surface area contributed by atoms with Crippen molar-refractivity contribution >= 4 is 40.9 Å². The number of aromatic nitrogens is 4. The highest BCUT2D eigenvalue weighted by Gasteiger charge is 2.56. The summed E-state index contributed by atoms with van der Waals surface area (Å²) in [5.74, 6) is -1.10. The number of rotatable bonds is 8. The number of hydrogen-bond donors (Lipinski definition) is 6. The molecule has 3 heterocycles. The van der Waals surface area contributed by atoms with Crippen LogP contribution in [0, 0.1) is 5.92 Å². The fourth-order valence-corrected chi connectivity index (χ4v) is 3.58. The highest BCUT2D eigenvalue weighted by molar-refractivity contribution is 7.98. The van der Waals surface area contributed by atoms with E-state index in [1.165, 1.54) is 0 Å². The van der Waals surface area contributed by atoms with Crippen molar-refractivity contribution in [2.75, 3.05) is 18.0 Å². The normalized spacial score (nSPS) is 26.5. The SMILES string of the molecule is CSc1nc(N(O)NC(=O)C(N)C(C)C)c2ncn([C@]3(C=O)O[C@H](CO)[C@@H](O)[C@H]3O)c2n1. The summed E-state index contributed by atoms with van der Waals surface area (Å²) in [5.41, 5.74) is 5.76. The Morgan fingerprint density at radius 2 is 2.16 bits per heavy atom. The Morgan fingerprint density at radius 1 is 1.47 bits per heavy atom. The van der Waals surface area contributed by atoms with Gasteiger partial charge in [0.05, 0.1) is 12.6 Å². The lowest BCUT2D eigenvalue weighted by atomic mass is 10.0. The number of thioether (sulfide) groups is 1. The van der Waals surface area contributed by atoms with Crippen molar-refractivity contribution in [1.82, 2.24) is 24.9 Å². The number of aliphatic hydroxyl groups excluding tert-OH is 3. The van der Waals surface area contributed by atoms with Gasteiger partial charge in [0.1, 0.15) is 24.6 Å². The molecule has 0 radical (unpaired) electrons. The summed E-state index contributed by atoms with van der Waals surface area (Å²) in [6.07, 6.45) is -1.53. The molecule has 2 aromatic rings. The number of ether oxygens (including phenoxy) is 1. The van der Waals surface area contributed by atoms with E-state index in [2.05, 4.69) is 20.4 Å². The summed E-state index contributed by atoms with van der Waals surface area (Å²) < 4.78 is 6.56. The molecule has 0 saturated carbocycles. The summed E-state index contributed by atoms with van der Waals surface area (Å²) >= 11 is 1.09. The number of hydrogen-bond acceptors (Lipinski definition) is 13. The molecule has 1 amide bonds. The van der Waals surface area contributed by atoms with Crippen molar-refractivity contribution in [2.45, 2.75) is 49.1 Å². The molecule has 2 aromatic heterocycles. The fourth-order valence-electron chi connectivity index (χ4n) is 3.22. The maximum absolute atomic E-state index is 12.3. The van der Waals surface area contributed by atoms with Gasteiger partial charge in [0.25, 0.3) is 5.91 Å². The number of hydrazine groups is 1. The Kier molecular flexibility index (Phi) is 6.99. The molecule has 5 atom stereocenters. The highest BCUT2D eigenvalue weighted by Crippen LogP contribution is 2.37. The van der Waals surface area contributed by atoms with Gasteiger partial charge in [-0.15, -0.1) is 5.17 Å². The lowest BCUT2D eigenvalue weighted by Gasteiger charge is -2.27. The van der Waals surface area contributed by atoms with E-state index in [0.29, 0.717) is 5.17 Å². The first kappa shape index (κ1) is 24.2. The molecule has 176 valence electrons. The number of amides is 1.